The first kappa shape index (κ1) is 12.1. The van der Waals surface area contributed by atoms with Crippen LogP contribution in [0.3, 0.4) is 0 Å². The minimum Gasteiger partial charge on any atom is -0.789 e. The SMILES string of the molecule is [CH3][Sn+]([CH3])[CH3].[S-]C1CCCCC1. The van der Waals surface area contributed by atoms with E-state index in [0.717, 1.165) is 0 Å². The van der Waals surface area contributed by atoms with Gasteiger partial charge < -0.3 is 12.6 Å². The summed E-state index contributed by atoms with van der Waals surface area (Å²) in [5.74, 6) is 0. The average Bonchev–Trinajstić information content (AvgIpc) is 1.87. The maximum Gasteiger partial charge on any atom is -0.0534 e. The van der Waals surface area contributed by atoms with E-state index in [9.17, 15) is 0 Å². The van der Waals surface area contributed by atoms with Gasteiger partial charge in [-0.2, -0.15) is 5.25 Å². The maximum absolute atomic E-state index is 5.09. The second-order valence-electron chi connectivity index (χ2n) is 3.76. The van der Waals surface area contributed by atoms with Crippen molar-refractivity contribution in [3.05, 3.63) is 0 Å². The third-order valence-corrected chi connectivity index (χ3v) is 2.02. The molecule has 1 rings (SSSR count). The third kappa shape index (κ3) is 11.1. The Kier molecular flexibility index (Phi) is 8.59. The van der Waals surface area contributed by atoms with E-state index < -0.39 is 19.8 Å². The molecule has 11 heavy (non-hydrogen) atoms. The second kappa shape index (κ2) is 7.78. The van der Waals surface area contributed by atoms with Crippen LogP contribution in [0.2, 0.25) is 14.8 Å². The van der Waals surface area contributed by atoms with Crippen molar-refractivity contribution in [2.75, 3.05) is 0 Å². The van der Waals surface area contributed by atoms with E-state index in [0.29, 0.717) is 5.25 Å². The molecule has 0 aromatic heterocycles. The molecule has 66 valence electrons. The average molecular weight is 279 g/mol. The molecular formula is C9H20SSn. The first-order chi connectivity index (χ1) is 5.13. The van der Waals surface area contributed by atoms with Crippen molar-refractivity contribution in [1.29, 1.82) is 0 Å². The Morgan fingerprint density at radius 2 is 1.36 bits per heavy atom. The number of hydrogen-bond acceptors (Lipinski definition) is 1. The van der Waals surface area contributed by atoms with Crippen molar-refractivity contribution >= 4 is 32.4 Å². The van der Waals surface area contributed by atoms with Crippen LogP contribution >= 0.6 is 0 Å². The Morgan fingerprint density at radius 1 is 1.00 bits per heavy atom. The van der Waals surface area contributed by atoms with E-state index in [1.807, 2.05) is 0 Å². The normalized spacial score (nSPS) is 18.5. The smallest absolute Gasteiger partial charge is 0.0534 e. The van der Waals surface area contributed by atoms with Crippen molar-refractivity contribution in [2.45, 2.75) is 52.2 Å². The summed E-state index contributed by atoms with van der Waals surface area (Å²) >= 11 is 4.55. The quantitative estimate of drug-likeness (QED) is 0.484. The van der Waals surface area contributed by atoms with Crippen LogP contribution in [-0.4, -0.2) is 25.0 Å². The first-order valence-corrected chi connectivity index (χ1v) is 13.6. The summed E-state index contributed by atoms with van der Waals surface area (Å²) in [6.45, 7) is 0. The summed E-state index contributed by atoms with van der Waals surface area (Å²) in [4.78, 5) is 7.09. The Bertz CT molecular complexity index is 74.9. The molecule has 0 nitrogen and oxygen atoms in total. The van der Waals surface area contributed by atoms with Crippen molar-refractivity contribution in [1.82, 2.24) is 0 Å². The zero-order valence-electron chi connectivity index (χ0n) is 8.02. The fourth-order valence-corrected chi connectivity index (χ4v) is 1.40. The van der Waals surface area contributed by atoms with Gasteiger partial charge in [0.15, 0.2) is 0 Å². The Morgan fingerprint density at radius 3 is 1.55 bits per heavy atom. The van der Waals surface area contributed by atoms with E-state index >= 15 is 0 Å². The minimum atomic E-state index is -0.543. The van der Waals surface area contributed by atoms with Crippen LogP contribution in [0.1, 0.15) is 32.1 Å². The predicted octanol–water partition coefficient (Wildman–Crippen LogP) is 3.24. The standard InChI is InChI=1S/C6H12S.3CH3.Sn/c7-6-4-2-1-3-5-6;;;;/h6-7H,1-5H2;3*1H3;/q;;;;+1/p-1. The topological polar surface area (TPSA) is 0 Å². The van der Waals surface area contributed by atoms with Crippen LogP contribution in [0.5, 0.6) is 0 Å². The Balaban J connectivity index is 0.000000218. The summed E-state index contributed by atoms with van der Waals surface area (Å²) < 4.78 is 0. The van der Waals surface area contributed by atoms with Gasteiger partial charge >= 0.3 is 34.6 Å². The molecule has 0 heterocycles. The molecule has 1 aliphatic rings. The summed E-state index contributed by atoms with van der Waals surface area (Å²) in [5, 5.41) is 0.619. The van der Waals surface area contributed by atoms with E-state index in [1.165, 1.54) is 32.1 Å². The molecule has 0 aromatic rings. The minimum absolute atomic E-state index is 0.543. The molecule has 0 atom stereocenters. The zero-order valence-corrected chi connectivity index (χ0v) is 11.7. The Labute approximate surface area is 84.3 Å². The summed E-state index contributed by atoms with van der Waals surface area (Å²) in [6.07, 6.45) is 6.79. The molecule has 1 aliphatic carbocycles. The van der Waals surface area contributed by atoms with Gasteiger partial charge in [0.1, 0.15) is 0 Å². The van der Waals surface area contributed by atoms with Crippen molar-refractivity contribution < 1.29 is 0 Å². The molecule has 1 saturated carbocycles. The molecule has 0 amide bonds. The largest absolute Gasteiger partial charge is 0.789 e. The molecule has 2 heteroatoms. The van der Waals surface area contributed by atoms with E-state index in [4.69, 9.17) is 12.6 Å². The number of hydrogen-bond donors (Lipinski definition) is 0. The molecule has 0 bridgehead atoms. The van der Waals surface area contributed by atoms with Crippen LogP contribution in [-0.2, 0) is 12.6 Å². The molecule has 0 aliphatic heterocycles. The summed E-state index contributed by atoms with van der Waals surface area (Å²) in [6, 6.07) is 0. The van der Waals surface area contributed by atoms with Gasteiger partial charge in [0.05, 0.1) is 0 Å². The molecule has 0 radical (unpaired) electrons. The summed E-state index contributed by atoms with van der Waals surface area (Å²) in [5.41, 5.74) is 0. The molecule has 0 N–H and O–H groups in total. The van der Waals surface area contributed by atoms with Crippen LogP contribution in [0.4, 0.5) is 0 Å². The summed E-state index contributed by atoms with van der Waals surface area (Å²) in [7, 11) is 0. The van der Waals surface area contributed by atoms with Crippen LogP contribution in [0.15, 0.2) is 0 Å². The van der Waals surface area contributed by atoms with Gasteiger partial charge in [-0.3, -0.25) is 0 Å². The predicted molar refractivity (Wildman–Crippen MR) is 57.6 cm³/mol. The molecule has 0 aromatic carbocycles. The van der Waals surface area contributed by atoms with Crippen molar-refractivity contribution in [3.63, 3.8) is 0 Å². The molecule has 0 spiro atoms. The van der Waals surface area contributed by atoms with E-state index in [-0.39, 0.29) is 0 Å². The van der Waals surface area contributed by atoms with Crippen molar-refractivity contribution in [2.24, 2.45) is 0 Å². The second-order valence-corrected chi connectivity index (χ2v) is 13.0. The van der Waals surface area contributed by atoms with Gasteiger partial charge in [-0.25, -0.2) is 0 Å². The molecule has 0 unspecified atom stereocenters. The fourth-order valence-electron chi connectivity index (χ4n) is 1.07. The molecule has 1 fully saturated rings. The van der Waals surface area contributed by atoms with Crippen LogP contribution in [0, 0.1) is 0 Å². The van der Waals surface area contributed by atoms with Gasteiger partial charge in [-0.05, 0) is 0 Å². The van der Waals surface area contributed by atoms with Gasteiger partial charge in [0.2, 0.25) is 0 Å². The first-order valence-electron chi connectivity index (χ1n) is 4.55. The van der Waals surface area contributed by atoms with Gasteiger partial charge in [0, 0.05) is 0 Å². The monoisotopic (exact) mass is 280 g/mol. The van der Waals surface area contributed by atoms with E-state index in [1.54, 1.807) is 0 Å². The Hall–Kier alpha value is 1.15. The van der Waals surface area contributed by atoms with Crippen LogP contribution in [0.25, 0.3) is 0 Å². The third-order valence-electron chi connectivity index (χ3n) is 1.55. The van der Waals surface area contributed by atoms with E-state index in [2.05, 4.69) is 14.8 Å². The molecule has 0 saturated heterocycles. The molecular weight excluding hydrogens is 259 g/mol. The number of rotatable bonds is 0. The van der Waals surface area contributed by atoms with Gasteiger partial charge in [0.25, 0.3) is 0 Å². The zero-order chi connectivity index (χ0) is 8.69. The van der Waals surface area contributed by atoms with Crippen molar-refractivity contribution in [3.8, 4) is 0 Å². The van der Waals surface area contributed by atoms with Crippen LogP contribution < -0.4 is 0 Å². The maximum atomic E-state index is 5.09. The fraction of sp³-hybridized carbons (Fsp3) is 1.00. The van der Waals surface area contributed by atoms with Gasteiger partial charge in [-0.15, -0.1) is 0 Å². The van der Waals surface area contributed by atoms with Gasteiger partial charge in [-0.1, -0.05) is 32.1 Å².